The van der Waals surface area contributed by atoms with E-state index in [-0.39, 0.29) is 94.9 Å². The molecule has 3 aromatic rings. The number of Topliss-reactive ketones (excluding diaryl/α,β-unsaturated/α-hetero) is 1. The second-order valence-electron chi connectivity index (χ2n) is 20.5. The van der Waals surface area contributed by atoms with E-state index >= 15 is 4.39 Å². The number of rotatable bonds is 26. The fourth-order valence-corrected chi connectivity index (χ4v) is 9.28. The highest BCUT2D eigenvalue weighted by Crippen LogP contribution is 2.41. The van der Waals surface area contributed by atoms with Crippen molar-refractivity contribution >= 4 is 53.2 Å². The molecule has 0 aliphatic carbocycles. The number of amides is 8. The second-order valence-corrected chi connectivity index (χ2v) is 20.5. The topological polar surface area (TPSA) is 286 Å². The summed E-state index contributed by atoms with van der Waals surface area (Å²) < 4.78 is 37.3. The number of primary amides is 1. The normalized spacial score (nSPS) is 15.5. The highest BCUT2D eigenvalue weighted by atomic mass is 19.1. The van der Waals surface area contributed by atoms with E-state index in [0.717, 1.165) is 40.8 Å². The molecule has 76 heavy (non-hydrogen) atoms. The van der Waals surface area contributed by atoms with E-state index in [4.69, 9.17) is 16.2 Å². The van der Waals surface area contributed by atoms with Gasteiger partial charge in [0.2, 0.25) is 23.6 Å². The number of imide groups is 1. The lowest BCUT2D eigenvalue weighted by Gasteiger charge is -2.41. The lowest BCUT2D eigenvalue weighted by molar-refractivity contribution is -0.157. The summed E-state index contributed by atoms with van der Waals surface area (Å²) in [5.41, 5.74) is 12.7. The minimum absolute atomic E-state index is 0.0202. The van der Waals surface area contributed by atoms with Gasteiger partial charge in [-0.1, -0.05) is 65.0 Å². The number of benzene rings is 2. The molecule has 22 heteroatoms. The molecule has 20 nitrogen and oxygen atoms in total. The number of aromatic nitrogens is 1. The molecule has 8 amide bonds. The minimum Gasteiger partial charge on any atom is -0.461 e. The predicted octanol–water partition coefficient (Wildman–Crippen LogP) is 3.24. The van der Waals surface area contributed by atoms with E-state index in [1.54, 1.807) is 26.1 Å². The van der Waals surface area contributed by atoms with Crippen LogP contribution in [0.2, 0.25) is 0 Å². The summed E-state index contributed by atoms with van der Waals surface area (Å²) in [6.45, 7) is 8.41. The number of hydrogen-bond donors (Lipinski definition) is 6. The van der Waals surface area contributed by atoms with E-state index in [9.17, 15) is 52.6 Å². The molecule has 8 N–H and O–H groups in total. The van der Waals surface area contributed by atoms with Crippen molar-refractivity contribution in [2.75, 3.05) is 45.9 Å². The zero-order valence-corrected chi connectivity index (χ0v) is 43.7. The first kappa shape index (κ1) is 59.5. The number of carbonyl (C=O) groups is 9. The summed E-state index contributed by atoms with van der Waals surface area (Å²) in [5, 5.41) is 18.0. The number of ketones is 1. The van der Waals surface area contributed by atoms with E-state index < -0.39 is 108 Å². The van der Waals surface area contributed by atoms with Gasteiger partial charge in [-0.05, 0) is 60.4 Å². The highest BCUT2D eigenvalue weighted by Gasteiger charge is 2.38. The van der Waals surface area contributed by atoms with Crippen molar-refractivity contribution in [2.24, 2.45) is 28.7 Å². The summed E-state index contributed by atoms with van der Waals surface area (Å²) in [7, 11) is 0. The van der Waals surface area contributed by atoms with Crippen molar-refractivity contribution in [2.45, 2.75) is 110 Å². The molecule has 0 bridgehead atoms. The molecule has 0 saturated carbocycles. The number of nitrogens with two attached hydrogens (primary N) is 2. The number of aliphatic hydroxyl groups excluding tert-OH is 1. The number of ether oxygens (including phenoxy) is 1. The van der Waals surface area contributed by atoms with Crippen molar-refractivity contribution in [1.29, 1.82) is 0 Å². The van der Waals surface area contributed by atoms with E-state index in [2.05, 4.69) is 16.0 Å². The number of hydrogen-bond acceptors (Lipinski definition) is 12. The predicted molar refractivity (Wildman–Crippen MR) is 275 cm³/mol. The molecule has 2 aliphatic rings. The Labute approximate surface area is 440 Å². The maximum atomic E-state index is 15.2. The van der Waals surface area contributed by atoms with Crippen LogP contribution in [0.25, 0.3) is 11.1 Å². The lowest BCUT2D eigenvalue weighted by Crippen LogP contribution is -2.49. The Kier molecular flexibility index (Phi) is 21.5. The minimum atomic E-state index is -1.18. The Morgan fingerprint density at radius 3 is 2.18 bits per heavy atom. The van der Waals surface area contributed by atoms with Crippen molar-refractivity contribution in [3.05, 3.63) is 95.8 Å². The molecule has 3 heterocycles. The van der Waals surface area contributed by atoms with E-state index in [1.807, 2.05) is 55.7 Å². The number of likely N-dealkylation sites (tertiary alicyclic amines) is 1. The van der Waals surface area contributed by atoms with E-state index in [1.165, 1.54) is 9.80 Å². The number of carbonyl (C=O) groups excluding carboxylic acids is 9. The first-order valence-corrected chi connectivity index (χ1v) is 25.5. The van der Waals surface area contributed by atoms with Gasteiger partial charge in [0.15, 0.2) is 0 Å². The Bertz CT molecular complexity index is 2590. The third-order valence-electron chi connectivity index (χ3n) is 13.4. The van der Waals surface area contributed by atoms with Gasteiger partial charge < -0.3 is 51.6 Å². The molecule has 5 rings (SSSR count). The van der Waals surface area contributed by atoms with Crippen molar-refractivity contribution in [3.63, 3.8) is 0 Å². The molecule has 0 radical (unpaired) electrons. The van der Waals surface area contributed by atoms with Crippen LogP contribution < -0.4 is 27.4 Å². The number of halogens is 2. The van der Waals surface area contributed by atoms with Gasteiger partial charge in [-0.2, -0.15) is 0 Å². The Morgan fingerprint density at radius 2 is 1.57 bits per heavy atom. The lowest BCUT2D eigenvalue weighted by atomic mass is 9.82. The average Bonchev–Trinajstić information content (AvgIpc) is 3.92. The first-order valence-electron chi connectivity index (χ1n) is 25.5. The Hall–Kier alpha value is -7.33. The Balaban J connectivity index is 1.18. The quantitative estimate of drug-likeness (QED) is 0.0384. The molecular formula is C54H71F2N9O11. The van der Waals surface area contributed by atoms with Gasteiger partial charge in [0.05, 0.1) is 12.1 Å². The van der Waals surface area contributed by atoms with Crippen molar-refractivity contribution in [1.82, 2.24) is 35.2 Å². The molecule has 0 spiro atoms. The summed E-state index contributed by atoms with van der Waals surface area (Å²) in [6.07, 6.45) is 3.54. The first-order chi connectivity index (χ1) is 36.0. The molecule has 412 valence electrons. The smallest absolute Gasteiger partial charge is 0.328 e. The summed E-state index contributed by atoms with van der Waals surface area (Å²) >= 11 is 0. The summed E-state index contributed by atoms with van der Waals surface area (Å²) in [5.74, 6) is -7.15. The van der Waals surface area contributed by atoms with Gasteiger partial charge >= 0.3 is 12.0 Å². The monoisotopic (exact) mass is 1060 g/mol. The van der Waals surface area contributed by atoms with Gasteiger partial charge in [0.25, 0.3) is 11.8 Å². The molecule has 1 saturated heterocycles. The Morgan fingerprint density at radius 1 is 0.895 bits per heavy atom. The van der Waals surface area contributed by atoms with Crippen LogP contribution >= 0.6 is 0 Å². The van der Waals surface area contributed by atoms with Crippen LogP contribution in [0.4, 0.5) is 13.6 Å². The molecule has 4 atom stereocenters. The number of piperidine rings is 1. The maximum absolute atomic E-state index is 15.2. The second kappa shape index (κ2) is 27.5. The zero-order chi connectivity index (χ0) is 55.9. The van der Waals surface area contributed by atoms with Gasteiger partial charge in [-0.3, -0.25) is 38.5 Å². The third kappa shape index (κ3) is 16.8. The van der Waals surface area contributed by atoms with Crippen molar-refractivity contribution in [3.8, 4) is 11.1 Å². The zero-order valence-electron chi connectivity index (χ0n) is 43.7. The van der Waals surface area contributed by atoms with Crippen LogP contribution in [0.5, 0.6) is 0 Å². The maximum Gasteiger partial charge on any atom is 0.328 e. The van der Waals surface area contributed by atoms with Crippen LogP contribution in [0.3, 0.4) is 0 Å². The summed E-state index contributed by atoms with van der Waals surface area (Å²) in [6, 6.07) is 10.4. The van der Waals surface area contributed by atoms with Crippen LogP contribution in [-0.4, -0.2) is 142 Å². The van der Waals surface area contributed by atoms with Crippen LogP contribution in [0, 0.1) is 28.9 Å². The van der Waals surface area contributed by atoms with E-state index in [0.29, 0.717) is 17.8 Å². The van der Waals surface area contributed by atoms with Gasteiger partial charge in [-0.25, -0.2) is 18.4 Å². The number of nitrogens with one attached hydrogen (secondary N) is 3. The number of aliphatic hydroxyl groups is 1. The number of nitrogens with zero attached hydrogens (tertiary/aromatic N) is 4. The molecule has 2 aliphatic heterocycles. The molecule has 2 aromatic carbocycles. The fourth-order valence-electron chi connectivity index (χ4n) is 9.28. The standard InChI is InChI=1S/C54H71F2N9O11/c1-33(2)39(50(72)61-43(12-9-21-60-53(58)75)52(74)76-38-18-23-62(24-19-38)47(70)31-65-45(68)15-16-46(65)69)28-37(67)17-22-59-51(73)42(57)20-25-64(48(71)32-66)49(54(3,4)5)44-26-35(40-27-36(55)13-14-41(40)56)30-63(44)29-34-10-7-6-8-11-34/h6-8,10-11,13-16,26-27,30,33,38-39,42-43,49,66H,9,12,17-25,28-29,31-32,57H2,1-5H3,(H,59,73)(H,61,72)(H3,58,60,75)/t39-,42-,43-,49-/m0/s1. The number of esters is 1. The molecule has 1 fully saturated rings. The highest BCUT2D eigenvalue weighted by molar-refractivity contribution is 6.14. The molecular weight excluding hydrogens is 989 g/mol. The average molecular weight is 1060 g/mol. The number of urea groups is 1. The van der Waals surface area contributed by atoms with Gasteiger partial charge in [0.1, 0.15) is 42.7 Å². The molecule has 0 unspecified atom stereocenters. The third-order valence-corrected chi connectivity index (χ3v) is 13.4. The largest absolute Gasteiger partial charge is 0.461 e. The SMILES string of the molecule is CC(C)[C@H](CC(=O)CCNC(=O)[C@@H](N)CCN(C(=O)CO)[C@@H](c1cc(-c2cc(F)ccc2F)cn1Cc1ccccc1)C(C)(C)C)C(=O)N[C@@H](CCCNC(N)=O)C(=O)OC1CCN(C(=O)CN2C(=O)C=CC2=O)CC1. The van der Waals surface area contributed by atoms with Crippen molar-refractivity contribution < 1.29 is 61.8 Å². The van der Waals surface area contributed by atoms with Crippen LogP contribution in [0.1, 0.15) is 96.9 Å². The fraction of sp³-hybridized carbons (Fsp3) is 0.500. The molecule has 1 aromatic heterocycles. The summed E-state index contributed by atoms with van der Waals surface area (Å²) in [4.78, 5) is 120. The van der Waals surface area contributed by atoms with Gasteiger partial charge in [-0.15, -0.1) is 0 Å². The van der Waals surface area contributed by atoms with Crippen LogP contribution in [0.15, 0.2) is 72.9 Å². The van der Waals surface area contributed by atoms with Crippen LogP contribution in [-0.2, 0) is 49.6 Å². The van der Waals surface area contributed by atoms with Gasteiger partial charge in [0, 0.05) is 106 Å².